The van der Waals surface area contributed by atoms with Crippen molar-refractivity contribution in [3.8, 4) is 5.75 Å². The molecule has 0 bridgehead atoms. The first kappa shape index (κ1) is 12.7. The summed E-state index contributed by atoms with van der Waals surface area (Å²) in [6, 6.07) is 9.84. The summed E-state index contributed by atoms with van der Waals surface area (Å²) in [5, 5.41) is 1.08. The lowest BCUT2D eigenvalue weighted by Gasteiger charge is -2.40. The van der Waals surface area contributed by atoms with Gasteiger partial charge in [-0.2, -0.15) is 0 Å². The minimum atomic E-state index is -0.0152. The molecule has 1 aliphatic rings. The van der Waals surface area contributed by atoms with Gasteiger partial charge in [0.2, 0.25) is 0 Å². The second-order valence-corrected chi connectivity index (χ2v) is 5.21. The number of alkyl halides is 1. The van der Waals surface area contributed by atoms with Crippen LogP contribution in [-0.4, -0.2) is 29.2 Å². The number of nitrogens with zero attached hydrogens (tertiary/aromatic N) is 1. The van der Waals surface area contributed by atoms with Crippen LogP contribution in [0.2, 0.25) is 0 Å². The number of hydrogen-bond acceptors (Lipinski definition) is 3. The Morgan fingerprint density at radius 1 is 1.32 bits per heavy atom. The van der Waals surface area contributed by atoms with Gasteiger partial charge in [-0.25, -0.2) is 0 Å². The highest BCUT2D eigenvalue weighted by Gasteiger charge is 2.42. The second kappa shape index (κ2) is 5.35. The van der Waals surface area contributed by atoms with Gasteiger partial charge in [-0.15, -0.1) is 11.6 Å². The molecule has 1 saturated carbocycles. The Bertz CT molecular complexity index is 570. The minimum absolute atomic E-state index is 0.0152. The molecule has 0 aliphatic heterocycles. The van der Waals surface area contributed by atoms with Crippen LogP contribution >= 0.6 is 11.6 Å². The molecular formula is C15H16ClNO2. The van der Waals surface area contributed by atoms with Crippen molar-refractivity contribution in [1.29, 1.82) is 0 Å². The van der Waals surface area contributed by atoms with Crippen molar-refractivity contribution in [2.75, 3.05) is 6.61 Å². The van der Waals surface area contributed by atoms with Gasteiger partial charge in [0.05, 0.1) is 10.9 Å². The standard InChI is InChI=1S/C15H16ClNO2/c1-2-18-15-11(16)9-14(15)19-13-7-3-6-12-10(13)5-4-8-17-12/h3-8,11,14-15H,2,9H2,1H3. The predicted molar refractivity (Wildman–Crippen MR) is 75.8 cm³/mol. The normalized spacial score (nSPS) is 26.1. The SMILES string of the molecule is CCOC1C(Cl)CC1Oc1cccc2ncccc12. The van der Waals surface area contributed by atoms with E-state index in [4.69, 9.17) is 21.1 Å². The molecule has 100 valence electrons. The number of benzene rings is 1. The van der Waals surface area contributed by atoms with E-state index in [0.717, 1.165) is 23.1 Å². The fraction of sp³-hybridized carbons (Fsp3) is 0.400. The Balaban J connectivity index is 1.82. The molecule has 3 unspecified atom stereocenters. The quantitative estimate of drug-likeness (QED) is 0.803. The monoisotopic (exact) mass is 277 g/mol. The molecule has 3 nitrogen and oxygen atoms in total. The summed E-state index contributed by atoms with van der Waals surface area (Å²) in [7, 11) is 0. The zero-order chi connectivity index (χ0) is 13.2. The van der Waals surface area contributed by atoms with Crippen LogP contribution in [0.3, 0.4) is 0 Å². The largest absolute Gasteiger partial charge is 0.487 e. The molecule has 4 heteroatoms. The van der Waals surface area contributed by atoms with Gasteiger partial charge in [0, 0.05) is 24.6 Å². The molecule has 1 aromatic heterocycles. The van der Waals surface area contributed by atoms with Gasteiger partial charge in [-0.05, 0) is 31.2 Å². The van der Waals surface area contributed by atoms with Gasteiger partial charge in [0.1, 0.15) is 18.0 Å². The van der Waals surface area contributed by atoms with Crippen molar-refractivity contribution in [3.05, 3.63) is 36.5 Å². The third-order valence-electron chi connectivity index (χ3n) is 3.42. The van der Waals surface area contributed by atoms with Gasteiger partial charge < -0.3 is 9.47 Å². The first-order valence-electron chi connectivity index (χ1n) is 6.55. The zero-order valence-corrected chi connectivity index (χ0v) is 11.5. The molecular weight excluding hydrogens is 262 g/mol. The second-order valence-electron chi connectivity index (χ2n) is 4.65. The van der Waals surface area contributed by atoms with Crippen LogP contribution in [0.1, 0.15) is 13.3 Å². The van der Waals surface area contributed by atoms with Crippen LogP contribution in [0.15, 0.2) is 36.5 Å². The first-order chi connectivity index (χ1) is 9.29. The van der Waals surface area contributed by atoms with Gasteiger partial charge in [-0.3, -0.25) is 4.98 Å². The highest BCUT2D eigenvalue weighted by molar-refractivity contribution is 6.21. The van der Waals surface area contributed by atoms with Crippen LogP contribution < -0.4 is 4.74 Å². The van der Waals surface area contributed by atoms with E-state index in [9.17, 15) is 0 Å². The third kappa shape index (κ3) is 2.40. The van der Waals surface area contributed by atoms with Gasteiger partial charge in [0.25, 0.3) is 0 Å². The van der Waals surface area contributed by atoms with E-state index in [2.05, 4.69) is 4.98 Å². The van der Waals surface area contributed by atoms with E-state index in [0.29, 0.717) is 6.61 Å². The molecule has 3 atom stereocenters. The summed E-state index contributed by atoms with van der Waals surface area (Å²) in [5.74, 6) is 0.851. The number of aromatic nitrogens is 1. The van der Waals surface area contributed by atoms with Crippen molar-refractivity contribution >= 4 is 22.5 Å². The highest BCUT2D eigenvalue weighted by Crippen LogP contribution is 2.35. The van der Waals surface area contributed by atoms with Crippen molar-refractivity contribution < 1.29 is 9.47 Å². The van der Waals surface area contributed by atoms with Gasteiger partial charge in [-0.1, -0.05) is 6.07 Å². The lowest BCUT2D eigenvalue weighted by atomic mass is 9.91. The summed E-state index contributed by atoms with van der Waals surface area (Å²) in [6.45, 7) is 2.63. The fourth-order valence-corrected chi connectivity index (χ4v) is 2.80. The summed E-state index contributed by atoms with van der Waals surface area (Å²) >= 11 is 6.16. The van der Waals surface area contributed by atoms with Crippen molar-refractivity contribution in [2.45, 2.75) is 30.9 Å². The molecule has 0 spiro atoms. The topological polar surface area (TPSA) is 31.4 Å². The molecule has 3 rings (SSSR count). The van der Waals surface area contributed by atoms with E-state index < -0.39 is 0 Å². The van der Waals surface area contributed by atoms with E-state index in [1.807, 2.05) is 37.3 Å². The van der Waals surface area contributed by atoms with Crippen molar-refractivity contribution in [2.24, 2.45) is 0 Å². The highest BCUT2D eigenvalue weighted by atomic mass is 35.5. The van der Waals surface area contributed by atoms with E-state index in [1.54, 1.807) is 6.20 Å². The fourth-order valence-electron chi connectivity index (χ4n) is 2.39. The van der Waals surface area contributed by atoms with Gasteiger partial charge >= 0.3 is 0 Å². The molecule has 1 fully saturated rings. The van der Waals surface area contributed by atoms with Crippen LogP contribution in [0, 0.1) is 0 Å². The number of ether oxygens (including phenoxy) is 2. The van der Waals surface area contributed by atoms with Crippen LogP contribution in [0.5, 0.6) is 5.75 Å². The minimum Gasteiger partial charge on any atom is -0.487 e. The van der Waals surface area contributed by atoms with E-state index in [-0.39, 0.29) is 17.6 Å². The van der Waals surface area contributed by atoms with Crippen molar-refractivity contribution in [1.82, 2.24) is 4.98 Å². The average molecular weight is 278 g/mol. The Morgan fingerprint density at radius 3 is 3.00 bits per heavy atom. The number of fused-ring (bicyclic) bond motifs is 1. The maximum Gasteiger partial charge on any atom is 0.129 e. The summed E-state index contributed by atoms with van der Waals surface area (Å²) in [6.07, 6.45) is 2.63. The molecule has 2 aromatic rings. The maximum absolute atomic E-state index is 6.16. The molecule has 1 heterocycles. The smallest absolute Gasteiger partial charge is 0.129 e. The molecule has 0 N–H and O–H groups in total. The number of rotatable bonds is 4. The average Bonchev–Trinajstić information content (AvgIpc) is 2.45. The van der Waals surface area contributed by atoms with E-state index >= 15 is 0 Å². The maximum atomic E-state index is 6.16. The summed E-state index contributed by atoms with van der Waals surface area (Å²) in [4.78, 5) is 4.33. The van der Waals surface area contributed by atoms with Crippen LogP contribution in [-0.2, 0) is 4.74 Å². The zero-order valence-electron chi connectivity index (χ0n) is 10.8. The molecule has 0 radical (unpaired) electrons. The Morgan fingerprint density at radius 2 is 2.21 bits per heavy atom. The Kier molecular flexibility index (Phi) is 3.58. The molecule has 0 saturated heterocycles. The lowest BCUT2D eigenvalue weighted by Crippen LogP contribution is -2.52. The number of halogens is 1. The van der Waals surface area contributed by atoms with E-state index in [1.165, 1.54) is 0 Å². The Hall–Kier alpha value is -1.32. The number of hydrogen-bond donors (Lipinski definition) is 0. The molecule has 19 heavy (non-hydrogen) atoms. The van der Waals surface area contributed by atoms with Crippen LogP contribution in [0.25, 0.3) is 10.9 Å². The Labute approximate surface area is 117 Å². The molecule has 1 aromatic carbocycles. The summed E-state index contributed by atoms with van der Waals surface area (Å²) < 4.78 is 11.7. The number of pyridine rings is 1. The van der Waals surface area contributed by atoms with Crippen molar-refractivity contribution in [3.63, 3.8) is 0 Å². The first-order valence-corrected chi connectivity index (χ1v) is 6.99. The molecule has 1 aliphatic carbocycles. The predicted octanol–water partition coefficient (Wildman–Crippen LogP) is 3.40. The lowest BCUT2D eigenvalue weighted by molar-refractivity contribution is -0.0754. The molecule has 0 amide bonds. The third-order valence-corrected chi connectivity index (χ3v) is 3.85. The van der Waals surface area contributed by atoms with Crippen LogP contribution in [0.4, 0.5) is 0 Å². The summed E-state index contributed by atoms with van der Waals surface area (Å²) in [5.41, 5.74) is 0.940. The van der Waals surface area contributed by atoms with Gasteiger partial charge in [0.15, 0.2) is 0 Å².